The first-order valence-corrected chi connectivity index (χ1v) is 9.20. The van der Waals surface area contributed by atoms with E-state index in [4.69, 9.17) is 9.15 Å². The van der Waals surface area contributed by atoms with Gasteiger partial charge in [0, 0.05) is 19.0 Å². The summed E-state index contributed by atoms with van der Waals surface area (Å²) >= 11 is 0. The van der Waals surface area contributed by atoms with Crippen LogP contribution < -0.4 is 15.0 Å². The van der Waals surface area contributed by atoms with E-state index in [-0.39, 0.29) is 11.8 Å². The maximum absolute atomic E-state index is 12.7. The van der Waals surface area contributed by atoms with Crippen molar-refractivity contribution in [3.05, 3.63) is 48.0 Å². The van der Waals surface area contributed by atoms with Gasteiger partial charge in [0.2, 0.25) is 5.91 Å². The molecule has 0 aliphatic carbocycles. The zero-order valence-corrected chi connectivity index (χ0v) is 15.6. The number of carbonyl (C=O) groups excluding carboxylic acids is 1. The predicted octanol–water partition coefficient (Wildman–Crippen LogP) is 4.00. The molecule has 27 heavy (non-hydrogen) atoms. The first-order valence-electron chi connectivity index (χ1n) is 9.20. The van der Waals surface area contributed by atoms with E-state index in [9.17, 15) is 4.79 Å². The third kappa shape index (κ3) is 3.60. The highest BCUT2D eigenvalue weighted by Crippen LogP contribution is 2.29. The van der Waals surface area contributed by atoms with Crippen LogP contribution in [0.3, 0.4) is 0 Å². The van der Waals surface area contributed by atoms with Crippen molar-refractivity contribution in [2.24, 2.45) is 5.92 Å². The van der Waals surface area contributed by atoms with E-state index in [0.717, 1.165) is 48.3 Å². The largest absolute Gasteiger partial charge is 0.495 e. The van der Waals surface area contributed by atoms with Gasteiger partial charge in [-0.15, -0.1) is 0 Å². The van der Waals surface area contributed by atoms with Crippen LogP contribution in [0.4, 0.5) is 11.7 Å². The number of oxazole rings is 1. The van der Waals surface area contributed by atoms with E-state index in [1.54, 1.807) is 7.11 Å². The predicted molar refractivity (Wildman–Crippen MR) is 105 cm³/mol. The van der Waals surface area contributed by atoms with Crippen molar-refractivity contribution in [2.45, 2.75) is 19.8 Å². The number of fused-ring (bicyclic) bond motifs is 1. The second kappa shape index (κ2) is 7.31. The summed E-state index contributed by atoms with van der Waals surface area (Å²) in [5, 5.41) is 3.03. The topological polar surface area (TPSA) is 67.6 Å². The number of rotatable bonds is 4. The molecule has 0 radical (unpaired) electrons. The van der Waals surface area contributed by atoms with E-state index in [0.29, 0.717) is 11.8 Å². The molecule has 1 aromatic heterocycles. The molecule has 6 nitrogen and oxygen atoms in total. The van der Waals surface area contributed by atoms with Gasteiger partial charge >= 0.3 is 0 Å². The number of carbonyl (C=O) groups is 1. The summed E-state index contributed by atoms with van der Waals surface area (Å²) in [6, 6.07) is 14.2. The van der Waals surface area contributed by atoms with E-state index in [2.05, 4.69) is 15.2 Å². The maximum atomic E-state index is 12.7. The fraction of sp³-hybridized carbons (Fsp3) is 0.333. The number of methoxy groups -OCH3 is 1. The zero-order valence-electron chi connectivity index (χ0n) is 15.6. The molecule has 140 valence electrons. The Morgan fingerprint density at radius 1 is 1.22 bits per heavy atom. The molecule has 1 aliphatic heterocycles. The Hall–Kier alpha value is -3.02. The van der Waals surface area contributed by atoms with Crippen LogP contribution in [0.25, 0.3) is 11.1 Å². The van der Waals surface area contributed by atoms with E-state index in [1.807, 2.05) is 49.4 Å². The summed E-state index contributed by atoms with van der Waals surface area (Å²) in [6.45, 7) is 3.49. The molecule has 4 rings (SSSR count). The highest BCUT2D eigenvalue weighted by atomic mass is 16.5. The van der Waals surface area contributed by atoms with Crippen molar-refractivity contribution in [1.29, 1.82) is 0 Å². The third-order valence-corrected chi connectivity index (χ3v) is 5.03. The molecule has 1 saturated heterocycles. The van der Waals surface area contributed by atoms with Crippen LogP contribution in [0.1, 0.15) is 18.4 Å². The average Bonchev–Trinajstić information content (AvgIpc) is 3.12. The zero-order chi connectivity index (χ0) is 18.8. The Morgan fingerprint density at radius 3 is 2.74 bits per heavy atom. The lowest BCUT2D eigenvalue weighted by Gasteiger charge is -2.30. The van der Waals surface area contributed by atoms with Crippen LogP contribution in [0.15, 0.2) is 46.9 Å². The van der Waals surface area contributed by atoms with Gasteiger partial charge in [0.1, 0.15) is 11.3 Å². The molecule has 1 fully saturated rings. The number of hydrogen-bond acceptors (Lipinski definition) is 5. The van der Waals surface area contributed by atoms with E-state index >= 15 is 0 Å². The van der Waals surface area contributed by atoms with Crippen LogP contribution in [0.5, 0.6) is 5.75 Å². The Bertz CT molecular complexity index is 925. The van der Waals surface area contributed by atoms with Gasteiger partial charge in [0.25, 0.3) is 6.01 Å². The van der Waals surface area contributed by atoms with Crippen molar-refractivity contribution >= 4 is 28.7 Å². The molecular formula is C21H23N3O3. The average molecular weight is 365 g/mol. The minimum absolute atomic E-state index is 0.0316. The minimum Gasteiger partial charge on any atom is -0.495 e. The highest BCUT2D eigenvalue weighted by Gasteiger charge is 2.27. The summed E-state index contributed by atoms with van der Waals surface area (Å²) < 4.78 is 11.2. The van der Waals surface area contributed by atoms with Crippen molar-refractivity contribution in [3.8, 4) is 5.75 Å². The van der Waals surface area contributed by atoms with Crippen LogP contribution in [-0.4, -0.2) is 31.1 Å². The van der Waals surface area contributed by atoms with Gasteiger partial charge in [-0.05, 0) is 49.6 Å². The van der Waals surface area contributed by atoms with Crippen molar-refractivity contribution in [3.63, 3.8) is 0 Å². The molecule has 2 aromatic carbocycles. The van der Waals surface area contributed by atoms with Crippen LogP contribution >= 0.6 is 0 Å². The molecule has 1 N–H and O–H groups in total. The number of benzene rings is 2. The molecular weight excluding hydrogens is 342 g/mol. The summed E-state index contributed by atoms with van der Waals surface area (Å²) in [4.78, 5) is 19.4. The number of nitrogens with zero attached hydrogens (tertiary/aromatic N) is 2. The number of para-hydroxylation sites is 2. The SMILES string of the molecule is COc1ccc(C)cc1NC(=O)C1CCN(c2nc3ccccc3o2)CC1. The molecule has 0 unspecified atom stereocenters. The van der Waals surface area contributed by atoms with Crippen LogP contribution in [0.2, 0.25) is 0 Å². The number of aromatic nitrogens is 1. The highest BCUT2D eigenvalue weighted by molar-refractivity contribution is 5.94. The van der Waals surface area contributed by atoms with E-state index in [1.165, 1.54) is 0 Å². The molecule has 0 atom stereocenters. The van der Waals surface area contributed by atoms with Crippen LogP contribution in [-0.2, 0) is 4.79 Å². The van der Waals surface area contributed by atoms with E-state index < -0.39 is 0 Å². The fourth-order valence-electron chi connectivity index (χ4n) is 3.48. The molecule has 6 heteroatoms. The second-order valence-corrected chi connectivity index (χ2v) is 6.92. The van der Waals surface area contributed by atoms with Crippen LogP contribution in [0, 0.1) is 12.8 Å². The molecule has 0 saturated carbocycles. The monoisotopic (exact) mass is 365 g/mol. The number of ether oxygens (including phenoxy) is 1. The lowest BCUT2D eigenvalue weighted by Crippen LogP contribution is -2.38. The summed E-state index contributed by atoms with van der Waals surface area (Å²) in [7, 11) is 1.61. The van der Waals surface area contributed by atoms with Gasteiger partial charge in [-0.25, -0.2) is 0 Å². The summed E-state index contributed by atoms with van der Waals surface area (Å²) in [5.41, 5.74) is 3.46. The van der Waals surface area contributed by atoms with Gasteiger partial charge in [0.05, 0.1) is 12.8 Å². The number of hydrogen-bond donors (Lipinski definition) is 1. The Balaban J connectivity index is 1.40. The number of amides is 1. The first-order chi connectivity index (χ1) is 13.1. The maximum Gasteiger partial charge on any atom is 0.298 e. The third-order valence-electron chi connectivity index (χ3n) is 5.03. The Morgan fingerprint density at radius 2 is 2.00 bits per heavy atom. The molecule has 0 spiro atoms. The summed E-state index contributed by atoms with van der Waals surface area (Å²) in [6.07, 6.45) is 1.53. The van der Waals surface area contributed by atoms with Gasteiger partial charge in [-0.1, -0.05) is 18.2 Å². The van der Waals surface area contributed by atoms with Crippen molar-refractivity contribution < 1.29 is 13.9 Å². The Labute approximate surface area is 158 Å². The molecule has 1 amide bonds. The Kier molecular flexibility index (Phi) is 4.71. The molecule has 2 heterocycles. The lowest BCUT2D eigenvalue weighted by molar-refractivity contribution is -0.120. The fourth-order valence-corrected chi connectivity index (χ4v) is 3.48. The normalized spacial score (nSPS) is 15.1. The van der Waals surface area contributed by atoms with Crippen molar-refractivity contribution in [1.82, 2.24) is 4.98 Å². The summed E-state index contributed by atoms with van der Waals surface area (Å²) in [5.74, 6) is 0.685. The molecule has 0 bridgehead atoms. The molecule has 1 aliphatic rings. The lowest BCUT2D eigenvalue weighted by atomic mass is 9.96. The van der Waals surface area contributed by atoms with Gasteiger partial charge in [-0.3, -0.25) is 4.79 Å². The second-order valence-electron chi connectivity index (χ2n) is 6.92. The number of anilines is 2. The first kappa shape index (κ1) is 17.4. The quantitative estimate of drug-likeness (QED) is 0.757. The van der Waals surface area contributed by atoms with Gasteiger partial charge in [-0.2, -0.15) is 4.98 Å². The van der Waals surface area contributed by atoms with Crippen molar-refractivity contribution in [2.75, 3.05) is 30.4 Å². The standard InChI is InChI=1S/C21H23N3O3/c1-14-7-8-18(26-2)17(13-14)22-20(25)15-9-11-24(12-10-15)21-23-16-5-3-4-6-19(16)27-21/h3-8,13,15H,9-12H2,1-2H3,(H,22,25). The van der Waals surface area contributed by atoms with Gasteiger partial charge < -0.3 is 19.4 Å². The minimum atomic E-state index is -0.0316. The van der Waals surface area contributed by atoms with Gasteiger partial charge in [0.15, 0.2) is 5.58 Å². The molecule has 3 aromatic rings. The number of piperidine rings is 1. The number of aryl methyl sites for hydroxylation is 1. The smallest absolute Gasteiger partial charge is 0.298 e. The number of nitrogens with one attached hydrogen (secondary N) is 1.